The molecule has 254 valence electrons. The van der Waals surface area contributed by atoms with E-state index in [1.807, 2.05) is 0 Å². The molecule has 1 unspecified atom stereocenters. The first-order valence-corrected chi connectivity index (χ1v) is 19.1. The van der Waals surface area contributed by atoms with Crippen molar-refractivity contribution in [2.75, 3.05) is 6.61 Å². The Morgan fingerprint density at radius 1 is 0.535 bits per heavy atom. The summed E-state index contributed by atoms with van der Waals surface area (Å²) in [5, 5.41) is 11.1. The highest BCUT2D eigenvalue weighted by Gasteiger charge is 2.43. The van der Waals surface area contributed by atoms with E-state index in [4.69, 9.17) is 4.74 Å². The van der Waals surface area contributed by atoms with Crippen LogP contribution in [-0.4, -0.2) is 29.1 Å². The van der Waals surface area contributed by atoms with Crippen molar-refractivity contribution >= 4 is 11.8 Å². The Bertz CT molecular complexity index is 631. The monoisotopic (exact) mass is 607 g/mol. The molecule has 0 radical (unpaired) electrons. The zero-order valence-corrected chi connectivity index (χ0v) is 29.1. The molecule has 0 bridgehead atoms. The van der Waals surface area contributed by atoms with Crippen LogP contribution < -0.4 is 0 Å². The lowest BCUT2D eigenvalue weighted by molar-refractivity contribution is -0.170. The van der Waals surface area contributed by atoms with Crippen molar-refractivity contribution in [3.05, 3.63) is 12.7 Å². The number of esters is 1. The van der Waals surface area contributed by atoms with Crippen LogP contribution in [0.2, 0.25) is 0 Å². The summed E-state index contributed by atoms with van der Waals surface area (Å²) >= 11 is 0. The van der Waals surface area contributed by atoms with E-state index >= 15 is 0 Å². The standard InChI is InChI=1S/C39H74O4/c1-4-7-9-11-13-15-17-19-21-22-24-26-28-30-32-34-37(40)39(42,38(41)43-36-6-3)35-33-31-29-27-25-23-20-18-16-14-12-10-8-5-2/h6,42H,3-5,7-36H2,1-2H3. The molecule has 0 saturated heterocycles. The summed E-state index contributed by atoms with van der Waals surface area (Å²) in [6.45, 7) is 8.13. The van der Waals surface area contributed by atoms with Gasteiger partial charge in [0.25, 0.3) is 0 Å². The highest BCUT2D eigenvalue weighted by atomic mass is 16.5. The van der Waals surface area contributed by atoms with Gasteiger partial charge in [-0.3, -0.25) is 4.79 Å². The van der Waals surface area contributed by atoms with Gasteiger partial charge < -0.3 is 9.84 Å². The average molecular weight is 607 g/mol. The van der Waals surface area contributed by atoms with Crippen molar-refractivity contribution in [3.8, 4) is 0 Å². The summed E-state index contributed by atoms with van der Waals surface area (Å²) in [6.07, 6.45) is 38.2. The number of ether oxygens (including phenoxy) is 1. The number of rotatable bonds is 35. The van der Waals surface area contributed by atoms with Gasteiger partial charge in [-0.05, 0) is 19.3 Å². The third-order valence-electron chi connectivity index (χ3n) is 9.03. The molecule has 0 aromatic carbocycles. The SMILES string of the molecule is C=CCOC(=O)C(O)(CCCCCCCCCCCCCCCC)C(=O)CCCCCCCCCCCCCCCCC. The summed E-state index contributed by atoms with van der Waals surface area (Å²) in [5.74, 6) is -1.17. The zero-order valence-electron chi connectivity index (χ0n) is 29.1. The van der Waals surface area contributed by atoms with Gasteiger partial charge in [0.1, 0.15) is 6.61 Å². The largest absolute Gasteiger partial charge is 0.459 e. The number of carbonyl (C=O) groups excluding carboxylic acids is 2. The van der Waals surface area contributed by atoms with E-state index in [9.17, 15) is 14.7 Å². The summed E-state index contributed by atoms with van der Waals surface area (Å²) in [7, 11) is 0. The van der Waals surface area contributed by atoms with Crippen molar-refractivity contribution < 1.29 is 19.4 Å². The predicted molar refractivity (Wildman–Crippen MR) is 186 cm³/mol. The minimum absolute atomic E-state index is 0.0200. The molecule has 0 aromatic heterocycles. The average Bonchev–Trinajstić information content (AvgIpc) is 3.01. The number of hydrogen-bond acceptors (Lipinski definition) is 4. The fourth-order valence-corrected chi connectivity index (χ4v) is 6.05. The van der Waals surface area contributed by atoms with Gasteiger partial charge in [0, 0.05) is 6.42 Å². The van der Waals surface area contributed by atoms with E-state index in [1.165, 1.54) is 154 Å². The number of carbonyl (C=O) groups is 2. The Hall–Kier alpha value is -1.16. The Kier molecular flexibility index (Phi) is 31.4. The van der Waals surface area contributed by atoms with E-state index in [0.29, 0.717) is 6.42 Å². The van der Waals surface area contributed by atoms with Crippen molar-refractivity contribution in [1.82, 2.24) is 0 Å². The second-order valence-corrected chi connectivity index (χ2v) is 13.2. The number of unbranched alkanes of at least 4 members (excludes halogenated alkanes) is 27. The van der Waals surface area contributed by atoms with Crippen LogP contribution in [0.1, 0.15) is 213 Å². The summed E-state index contributed by atoms with van der Waals surface area (Å²) in [5.41, 5.74) is -2.00. The molecule has 0 heterocycles. The maximum absolute atomic E-state index is 13.0. The highest BCUT2D eigenvalue weighted by Crippen LogP contribution is 2.23. The number of Topliss-reactive ketones (excluding diaryl/α,β-unsaturated/α-hetero) is 1. The molecular formula is C39H74O4. The minimum Gasteiger partial charge on any atom is -0.459 e. The first-order valence-electron chi connectivity index (χ1n) is 19.1. The lowest BCUT2D eigenvalue weighted by Crippen LogP contribution is -2.47. The van der Waals surface area contributed by atoms with E-state index in [-0.39, 0.29) is 25.2 Å². The molecule has 1 atom stereocenters. The third kappa shape index (κ3) is 25.8. The van der Waals surface area contributed by atoms with Crippen LogP contribution in [-0.2, 0) is 14.3 Å². The molecule has 0 aliphatic rings. The lowest BCUT2D eigenvalue weighted by atomic mass is 9.88. The molecule has 0 rings (SSSR count). The quantitative estimate of drug-likeness (QED) is 0.0337. The Morgan fingerprint density at radius 2 is 0.837 bits per heavy atom. The molecular weight excluding hydrogens is 532 g/mol. The number of hydrogen-bond donors (Lipinski definition) is 1. The molecule has 0 saturated carbocycles. The second kappa shape index (κ2) is 32.2. The van der Waals surface area contributed by atoms with Gasteiger partial charge >= 0.3 is 5.97 Å². The summed E-state index contributed by atoms with van der Waals surface area (Å²) in [4.78, 5) is 25.6. The molecule has 0 aliphatic heterocycles. The smallest absolute Gasteiger partial charge is 0.346 e. The summed E-state index contributed by atoms with van der Waals surface area (Å²) in [6, 6.07) is 0. The van der Waals surface area contributed by atoms with E-state index < -0.39 is 11.6 Å². The van der Waals surface area contributed by atoms with Gasteiger partial charge in [0.15, 0.2) is 5.78 Å². The molecule has 4 heteroatoms. The molecule has 43 heavy (non-hydrogen) atoms. The first kappa shape index (κ1) is 41.8. The van der Waals surface area contributed by atoms with E-state index in [2.05, 4.69) is 20.4 Å². The van der Waals surface area contributed by atoms with Crippen LogP contribution in [0.15, 0.2) is 12.7 Å². The van der Waals surface area contributed by atoms with Crippen LogP contribution in [0.25, 0.3) is 0 Å². The van der Waals surface area contributed by atoms with Gasteiger partial charge in [-0.15, -0.1) is 0 Å². The molecule has 0 amide bonds. The van der Waals surface area contributed by atoms with Crippen LogP contribution in [0.4, 0.5) is 0 Å². The first-order chi connectivity index (χ1) is 21.0. The van der Waals surface area contributed by atoms with Gasteiger partial charge in [-0.1, -0.05) is 200 Å². The normalized spacial score (nSPS) is 12.7. The molecule has 0 aromatic rings. The molecule has 0 aliphatic carbocycles. The van der Waals surface area contributed by atoms with Crippen LogP contribution in [0.5, 0.6) is 0 Å². The van der Waals surface area contributed by atoms with Crippen molar-refractivity contribution in [2.24, 2.45) is 0 Å². The van der Waals surface area contributed by atoms with E-state index in [1.54, 1.807) is 0 Å². The Balaban J connectivity index is 3.99. The second-order valence-electron chi connectivity index (χ2n) is 13.2. The fourth-order valence-electron chi connectivity index (χ4n) is 6.05. The fraction of sp³-hybridized carbons (Fsp3) is 0.897. The minimum atomic E-state index is -2.00. The van der Waals surface area contributed by atoms with Gasteiger partial charge in [-0.2, -0.15) is 0 Å². The molecule has 1 N–H and O–H groups in total. The molecule has 4 nitrogen and oxygen atoms in total. The van der Waals surface area contributed by atoms with Crippen molar-refractivity contribution in [2.45, 2.75) is 218 Å². The molecule has 0 spiro atoms. The third-order valence-corrected chi connectivity index (χ3v) is 9.03. The number of ketones is 1. The Labute approximate surface area is 268 Å². The van der Waals surface area contributed by atoms with E-state index in [0.717, 1.165) is 32.1 Å². The van der Waals surface area contributed by atoms with Crippen molar-refractivity contribution in [3.63, 3.8) is 0 Å². The zero-order chi connectivity index (χ0) is 31.7. The summed E-state index contributed by atoms with van der Waals surface area (Å²) < 4.78 is 5.15. The van der Waals surface area contributed by atoms with Gasteiger partial charge in [0.05, 0.1) is 0 Å². The van der Waals surface area contributed by atoms with Crippen LogP contribution in [0.3, 0.4) is 0 Å². The van der Waals surface area contributed by atoms with Gasteiger partial charge in [0.2, 0.25) is 5.60 Å². The lowest BCUT2D eigenvalue weighted by Gasteiger charge is -2.24. The molecule has 0 fully saturated rings. The van der Waals surface area contributed by atoms with Crippen LogP contribution in [0, 0.1) is 0 Å². The number of aliphatic hydroxyl groups is 1. The maximum Gasteiger partial charge on any atom is 0.346 e. The van der Waals surface area contributed by atoms with Gasteiger partial charge in [-0.25, -0.2) is 4.79 Å². The highest BCUT2D eigenvalue weighted by molar-refractivity contribution is 6.06. The van der Waals surface area contributed by atoms with Crippen LogP contribution >= 0.6 is 0 Å². The predicted octanol–water partition coefficient (Wildman–Crippen LogP) is 12.1. The topological polar surface area (TPSA) is 63.6 Å². The maximum atomic E-state index is 13.0. The van der Waals surface area contributed by atoms with Crippen molar-refractivity contribution in [1.29, 1.82) is 0 Å². The Morgan fingerprint density at radius 3 is 1.16 bits per heavy atom.